The number of anilines is 3. The third-order valence-corrected chi connectivity index (χ3v) is 6.06. The molecule has 6 unspecified atom stereocenters. The molecule has 210 valence electrons. The molecule has 0 bridgehead atoms. The first-order chi connectivity index (χ1) is 18.6. The Morgan fingerprint density at radius 2 is 1.15 bits per heavy atom. The van der Waals surface area contributed by atoms with Gasteiger partial charge in [-0.3, -0.25) is 0 Å². The Morgan fingerprint density at radius 3 is 1.62 bits per heavy atom. The molecule has 6 N–H and O–H groups in total. The molecule has 0 aliphatic carbocycles. The van der Waals surface area contributed by atoms with Gasteiger partial charge in [0.1, 0.15) is 33.9 Å². The van der Waals surface area contributed by atoms with Crippen LogP contribution < -0.4 is 25.0 Å². The van der Waals surface area contributed by atoms with E-state index in [1.807, 2.05) is 37.9 Å². The number of hydrogen-bond donors (Lipinski definition) is 5. The predicted octanol–water partition coefficient (Wildman–Crippen LogP) is 4.68. The van der Waals surface area contributed by atoms with Gasteiger partial charge in [-0.1, -0.05) is 0 Å². The van der Waals surface area contributed by atoms with Gasteiger partial charge in [0, 0.05) is 35.3 Å². The van der Waals surface area contributed by atoms with Gasteiger partial charge >= 0.3 is 17.9 Å². The van der Waals surface area contributed by atoms with E-state index in [0.29, 0.717) is 28.4 Å². The second-order valence-electron chi connectivity index (χ2n) is 6.84. The zero-order valence-corrected chi connectivity index (χ0v) is 26.9. The quantitative estimate of drug-likeness (QED) is 0.176. The highest BCUT2D eigenvalue weighted by Crippen LogP contribution is 2.26. The monoisotopic (exact) mass is 651 g/mol. The number of carboxylic acid groups (broad SMARTS) is 1. The zero-order valence-electron chi connectivity index (χ0n) is 20.0. The normalized spacial score (nSPS) is 9.38. The minimum Gasteiger partial charge on any atom is -0.507 e. The van der Waals surface area contributed by atoms with Gasteiger partial charge in [0.25, 0.3) is 0 Å². The minimum atomic E-state index is -1.01. The summed E-state index contributed by atoms with van der Waals surface area (Å²) >= 11 is 0. The van der Waals surface area contributed by atoms with Crippen molar-refractivity contribution in [1.29, 1.82) is 0 Å². The molecule has 0 saturated carbocycles. The van der Waals surface area contributed by atoms with Crippen LogP contribution in [-0.2, 0) is 9.05 Å². The molecule has 0 saturated heterocycles. The van der Waals surface area contributed by atoms with Crippen molar-refractivity contribution in [2.45, 2.75) is 0 Å². The Balaban J connectivity index is 0.000000292. The third kappa shape index (κ3) is 10.9. The highest BCUT2D eigenvalue weighted by atomic mass is 31.0. The Hall–Kier alpha value is -2.55. The lowest BCUT2D eigenvalue weighted by Gasteiger charge is -2.06. The molecule has 0 heterocycles. The molecule has 6 atom stereocenters. The van der Waals surface area contributed by atoms with Crippen molar-refractivity contribution in [3.63, 3.8) is 0 Å². The number of nitrogens with two attached hydrogens (primary N) is 1. The molecule has 12 nitrogen and oxygen atoms in total. The van der Waals surface area contributed by atoms with Crippen LogP contribution in [0.5, 0.6) is 17.2 Å². The number of phenolic OH excluding ortho intramolecular Hbond substituents is 1. The molecule has 0 aromatic heterocycles. The number of phenols is 1. The molecule has 0 aliphatic heterocycles. The second-order valence-corrected chi connectivity index (χ2v) is 8.36. The molecule has 39 heavy (non-hydrogen) atoms. The largest absolute Gasteiger partial charge is 0.507 e. The van der Waals surface area contributed by atoms with E-state index in [9.17, 15) is 19.5 Å². The van der Waals surface area contributed by atoms with Crippen LogP contribution in [0.1, 0.15) is 31.1 Å². The number of benzene rings is 3. The van der Waals surface area contributed by atoms with E-state index in [4.69, 9.17) is 19.9 Å². The summed E-state index contributed by atoms with van der Waals surface area (Å²) in [6, 6.07) is 14.0. The number of hydrogen-bond acceptors (Lipinski definition) is 11. The van der Waals surface area contributed by atoms with Gasteiger partial charge < -0.3 is 44.2 Å². The maximum absolute atomic E-state index is 11.1. The number of aromatic carboxylic acids is 1. The maximum atomic E-state index is 11.1. The first kappa shape index (κ1) is 34.5. The van der Waals surface area contributed by atoms with Crippen LogP contribution in [0, 0.1) is 0 Å². The summed E-state index contributed by atoms with van der Waals surface area (Å²) in [7, 11) is 12.4. The predicted molar refractivity (Wildman–Crippen MR) is 170 cm³/mol. The van der Waals surface area contributed by atoms with Crippen LogP contribution in [0.15, 0.2) is 54.6 Å². The zero-order chi connectivity index (χ0) is 29.5. The van der Waals surface area contributed by atoms with Crippen LogP contribution in [0.25, 0.3) is 0 Å². The van der Waals surface area contributed by atoms with Crippen molar-refractivity contribution in [1.82, 2.24) is 0 Å². The molecule has 3 aromatic rings. The van der Waals surface area contributed by atoms with Gasteiger partial charge in [-0.25, -0.2) is 14.4 Å². The van der Waals surface area contributed by atoms with E-state index >= 15 is 0 Å². The van der Waals surface area contributed by atoms with Crippen molar-refractivity contribution in [2.24, 2.45) is 0 Å². The van der Waals surface area contributed by atoms with Gasteiger partial charge in [-0.15, -0.1) is 0 Å². The average molecular weight is 651 g/mol. The second kappa shape index (κ2) is 17.9. The van der Waals surface area contributed by atoms with E-state index in [-0.39, 0.29) is 16.9 Å². The number of aromatic hydroxyl groups is 1. The molecule has 0 fully saturated rings. The van der Waals surface area contributed by atoms with E-state index in [2.05, 4.69) is 38.0 Å². The topological polar surface area (TPSA) is 179 Å². The molecule has 18 heteroatoms. The van der Waals surface area contributed by atoms with Crippen LogP contribution in [0.3, 0.4) is 0 Å². The molecular weight excluding hydrogens is 624 g/mol. The molecule has 3 aromatic carbocycles. The van der Waals surface area contributed by atoms with Gasteiger partial charge in [0.15, 0.2) is 0 Å². The van der Waals surface area contributed by atoms with Gasteiger partial charge in [-0.05, 0) is 55.2 Å². The Labute approximate surface area is 238 Å². The Kier molecular flexibility index (Phi) is 15.8. The van der Waals surface area contributed by atoms with Crippen LogP contribution in [0.2, 0.25) is 0 Å². The fourth-order valence-electron chi connectivity index (χ4n) is 2.61. The fourth-order valence-corrected chi connectivity index (χ4v) is 3.62. The Bertz CT molecular complexity index is 1300. The van der Waals surface area contributed by atoms with E-state index in [1.54, 1.807) is 36.4 Å². The van der Waals surface area contributed by atoms with Crippen LogP contribution in [-0.4, -0.2) is 28.1 Å². The van der Waals surface area contributed by atoms with Gasteiger partial charge in [0.2, 0.25) is 0 Å². The lowest BCUT2D eigenvalue weighted by Crippen LogP contribution is -2.00. The van der Waals surface area contributed by atoms with Crippen molar-refractivity contribution in [3.05, 3.63) is 71.3 Å². The van der Waals surface area contributed by atoms with Crippen molar-refractivity contribution in [3.8, 4) is 17.2 Å². The van der Waals surface area contributed by atoms with Gasteiger partial charge in [0.05, 0.1) is 37.9 Å². The summed E-state index contributed by atoms with van der Waals surface area (Å²) in [6.45, 7) is 0. The summed E-state index contributed by atoms with van der Waals surface area (Å²) in [5, 5.41) is 23.7. The van der Waals surface area contributed by atoms with Crippen molar-refractivity contribution < 1.29 is 42.7 Å². The average Bonchev–Trinajstić information content (AvgIpc) is 2.96. The minimum absolute atomic E-state index is 0.111. The molecule has 0 spiro atoms. The van der Waals surface area contributed by atoms with E-state index in [0.717, 1.165) is 5.69 Å². The first-order valence-corrected chi connectivity index (χ1v) is 13.2. The first-order valence-electron chi connectivity index (χ1n) is 10.1. The molecular formula is C21H27N3O9P6. The molecule has 0 radical (unpaired) electrons. The summed E-state index contributed by atoms with van der Waals surface area (Å²) in [6.07, 6.45) is 0. The highest BCUT2D eigenvalue weighted by Gasteiger charge is 2.13. The SMILES string of the molecule is Nc1ccc(C(=O)OP)c(OP)c1.O=C(O)c1ccc(NP)cc1OP.O=C(OP)c1ccc(NP)cc1O. The van der Waals surface area contributed by atoms with Crippen LogP contribution >= 0.6 is 56.6 Å². The van der Waals surface area contributed by atoms with Crippen LogP contribution in [0.4, 0.5) is 17.1 Å². The van der Waals surface area contributed by atoms with Gasteiger partial charge in [-0.2, -0.15) is 0 Å². The summed E-state index contributed by atoms with van der Waals surface area (Å²) in [5.74, 6) is -1.50. The lowest BCUT2D eigenvalue weighted by molar-refractivity contribution is 0.0692. The van der Waals surface area contributed by atoms with Crippen molar-refractivity contribution in [2.75, 3.05) is 15.9 Å². The summed E-state index contributed by atoms with van der Waals surface area (Å²) in [5.41, 5.74) is 8.10. The molecule has 0 aliphatic rings. The smallest absolute Gasteiger partial charge is 0.344 e. The number of nitrogen functional groups attached to an aromatic ring is 1. The maximum Gasteiger partial charge on any atom is 0.344 e. The summed E-state index contributed by atoms with van der Waals surface area (Å²) < 4.78 is 18.6. The number of carbonyl (C=O) groups is 3. The standard InChI is InChI=1S/3C7H9NO3P2/c9-7(10)5-2-1-4(8-12)3-6(5)11-13;8-4-1-2-5(7(9)11-13)6(3-4)10-12;9-6-3-4(8-12)1-2-5(6)7(10)11-13/h1-3,8H,12-13H2,(H,9,10);1-3H,8,12-13H2;1-3,8-9H,12-13H2. The highest BCUT2D eigenvalue weighted by molar-refractivity contribution is 7.18. The van der Waals surface area contributed by atoms with Crippen molar-refractivity contribution >= 4 is 91.6 Å². The molecule has 3 rings (SSSR count). The lowest BCUT2D eigenvalue weighted by atomic mass is 10.2. The molecule has 0 amide bonds. The number of nitrogens with one attached hydrogen (secondary N) is 2. The number of carbonyl (C=O) groups excluding carboxylic acids is 2. The van der Waals surface area contributed by atoms with E-state index < -0.39 is 17.9 Å². The fraction of sp³-hybridized carbons (Fsp3) is 0. The van der Waals surface area contributed by atoms with E-state index in [1.165, 1.54) is 18.2 Å². The Morgan fingerprint density at radius 1 is 0.692 bits per heavy atom. The summed E-state index contributed by atoms with van der Waals surface area (Å²) in [4.78, 5) is 32.8. The third-order valence-electron chi connectivity index (χ3n) is 4.46. The number of carboxylic acids is 1. The number of rotatable bonds is 7.